The summed E-state index contributed by atoms with van der Waals surface area (Å²) < 4.78 is 71.6. The number of aromatic nitrogens is 1. The number of rotatable bonds is 10. The lowest BCUT2D eigenvalue weighted by molar-refractivity contribution is -0.0312. The summed E-state index contributed by atoms with van der Waals surface area (Å²) in [6.07, 6.45) is 0.763. The second-order valence-corrected chi connectivity index (χ2v) is 14.6. The predicted octanol–water partition coefficient (Wildman–Crippen LogP) is -0.547. The van der Waals surface area contributed by atoms with Gasteiger partial charge in [0.05, 0.1) is 29.3 Å². The number of ether oxygens (including phenoxy) is 3. The quantitative estimate of drug-likeness (QED) is 0.266. The third kappa shape index (κ3) is 6.44. The third-order valence-electron chi connectivity index (χ3n) is 7.97. The minimum absolute atomic E-state index is 0.0362. The maximum Gasteiger partial charge on any atom is 0.271 e. The van der Waals surface area contributed by atoms with Gasteiger partial charge in [-0.2, -0.15) is 4.31 Å². The average molecular weight is 628 g/mol. The Morgan fingerprint density at radius 2 is 1.95 bits per heavy atom. The summed E-state index contributed by atoms with van der Waals surface area (Å²) in [7, 11) is -4.48. The number of likely N-dealkylation sites (N-methyl/N-ethyl adjacent to an activating group) is 1. The first kappa shape index (κ1) is 30.7. The number of anilines is 1. The van der Waals surface area contributed by atoms with E-state index in [1.54, 1.807) is 12.1 Å². The summed E-state index contributed by atoms with van der Waals surface area (Å²) >= 11 is 0. The van der Waals surface area contributed by atoms with Gasteiger partial charge in [0.15, 0.2) is 0 Å². The van der Waals surface area contributed by atoms with E-state index in [1.165, 1.54) is 29.6 Å². The second-order valence-electron chi connectivity index (χ2n) is 10.8. The van der Waals surface area contributed by atoms with Gasteiger partial charge in [-0.1, -0.05) is 6.07 Å². The largest absolute Gasteiger partial charge is 0.491 e. The maximum atomic E-state index is 13.4. The van der Waals surface area contributed by atoms with Crippen molar-refractivity contribution in [3.8, 4) is 11.6 Å². The number of piperidine rings is 1. The van der Waals surface area contributed by atoms with Crippen molar-refractivity contribution in [1.29, 1.82) is 0 Å². The van der Waals surface area contributed by atoms with Crippen LogP contribution in [0.2, 0.25) is 0 Å². The van der Waals surface area contributed by atoms with E-state index in [2.05, 4.69) is 15.0 Å². The number of fused-ring (bicyclic) bond motifs is 1. The van der Waals surface area contributed by atoms with Gasteiger partial charge >= 0.3 is 0 Å². The van der Waals surface area contributed by atoms with E-state index in [-0.39, 0.29) is 48.0 Å². The average Bonchev–Trinajstić information content (AvgIpc) is 3.37. The number of hydrogen-bond donors (Lipinski definition) is 4. The zero-order valence-corrected chi connectivity index (χ0v) is 25.2. The first-order valence-electron chi connectivity index (χ1n) is 13.8. The van der Waals surface area contributed by atoms with Crippen molar-refractivity contribution in [3.05, 3.63) is 40.7 Å². The van der Waals surface area contributed by atoms with Crippen molar-refractivity contribution in [2.75, 3.05) is 65.0 Å². The summed E-state index contributed by atoms with van der Waals surface area (Å²) in [4.78, 5) is 16.8. The van der Waals surface area contributed by atoms with Crippen LogP contribution in [0.1, 0.15) is 19.3 Å². The number of hydrogen-bond acceptors (Lipinski definition) is 11. The van der Waals surface area contributed by atoms with Crippen LogP contribution in [-0.4, -0.2) is 109 Å². The Bertz CT molecular complexity index is 1560. The molecule has 1 aromatic heterocycles. The molecule has 2 aromatic rings. The fraction of sp³-hybridized carbons (Fsp3) is 0.577. The van der Waals surface area contributed by atoms with Crippen LogP contribution < -0.4 is 30.0 Å². The number of H-pyrrole nitrogens is 1. The van der Waals surface area contributed by atoms with Crippen molar-refractivity contribution < 1.29 is 36.2 Å². The lowest BCUT2D eigenvalue weighted by Crippen LogP contribution is -2.48. The molecule has 0 unspecified atom stereocenters. The van der Waals surface area contributed by atoms with Crippen LogP contribution in [0.25, 0.3) is 0 Å². The summed E-state index contributed by atoms with van der Waals surface area (Å²) in [5, 5.41) is 13.7. The molecule has 0 bridgehead atoms. The lowest BCUT2D eigenvalue weighted by atomic mass is 9.88. The molecule has 4 heterocycles. The molecule has 232 valence electrons. The van der Waals surface area contributed by atoms with Crippen molar-refractivity contribution in [2.24, 2.45) is 0 Å². The number of pyridine rings is 1. The van der Waals surface area contributed by atoms with Crippen LogP contribution in [0, 0.1) is 0 Å². The molecule has 3 aliphatic rings. The molecule has 2 atom stereocenters. The molecule has 5 rings (SSSR count). The lowest BCUT2D eigenvalue weighted by Gasteiger charge is -2.38. The van der Waals surface area contributed by atoms with E-state index >= 15 is 0 Å². The smallest absolute Gasteiger partial charge is 0.271 e. The first-order valence-corrected chi connectivity index (χ1v) is 16.7. The fourth-order valence-corrected chi connectivity index (χ4v) is 7.73. The van der Waals surface area contributed by atoms with E-state index in [9.17, 15) is 26.7 Å². The van der Waals surface area contributed by atoms with E-state index < -0.39 is 37.3 Å². The van der Waals surface area contributed by atoms with Gasteiger partial charge in [-0.05, 0) is 44.5 Å². The Morgan fingerprint density at radius 1 is 1.19 bits per heavy atom. The predicted molar refractivity (Wildman–Crippen MR) is 153 cm³/mol. The summed E-state index contributed by atoms with van der Waals surface area (Å²) in [5.74, 6) is 0.599. The zero-order chi connectivity index (χ0) is 30.1. The molecular weight excluding hydrogens is 590 g/mol. The van der Waals surface area contributed by atoms with E-state index in [0.29, 0.717) is 50.5 Å². The monoisotopic (exact) mass is 627 g/mol. The number of benzene rings is 1. The Labute approximate surface area is 245 Å². The first-order chi connectivity index (χ1) is 19.9. The number of aliphatic hydroxyl groups excluding tert-OH is 1. The molecule has 2 fully saturated rings. The maximum absolute atomic E-state index is 13.4. The SMILES string of the molecule is CNS(=O)(=O)c1cccc(OC[C@@H](O)CN[C@H]2COC3(CCN(S(=O)(=O)c4cc5c([nH]c4=O)OCCN5C)CC3)C2)c1. The number of aromatic amines is 1. The van der Waals surface area contributed by atoms with Crippen molar-refractivity contribution in [1.82, 2.24) is 19.3 Å². The zero-order valence-electron chi connectivity index (χ0n) is 23.5. The van der Waals surface area contributed by atoms with Gasteiger partial charge in [-0.15, -0.1) is 0 Å². The Hall–Kier alpha value is -2.73. The molecule has 14 nitrogen and oxygen atoms in total. The number of nitrogens with zero attached hydrogens (tertiary/aromatic N) is 2. The molecule has 1 spiro atoms. The molecule has 1 aromatic carbocycles. The number of aliphatic hydroxyl groups is 1. The Morgan fingerprint density at radius 3 is 2.69 bits per heavy atom. The Kier molecular flexibility index (Phi) is 8.85. The highest BCUT2D eigenvalue weighted by Crippen LogP contribution is 2.38. The van der Waals surface area contributed by atoms with Crippen molar-refractivity contribution in [3.63, 3.8) is 0 Å². The molecule has 42 heavy (non-hydrogen) atoms. The standard InChI is InChI=1S/C26H37N5O9S2/c1-27-41(34,35)21-5-3-4-20(12-21)39-17-19(32)15-28-18-14-26(40-16-18)6-8-31(9-7-26)42(36,37)23-13-22-25(29-24(23)33)38-11-10-30(22)2/h3-5,12-13,18-19,27-28,32H,6-11,14-17H2,1-2H3,(H,29,33)/t18-,19+/m1/s1. The van der Waals surface area contributed by atoms with Gasteiger partial charge in [0.1, 0.15) is 30.0 Å². The fourth-order valence-electron chi connectivity index (χ4n) is 5.47. The second kappa shape index (κ2) is 12.1. The molecule has 4 N–H and O–H groups in total. The van der Waals surface area contributed by atoms with E-state index in [0.717, 1.165) is 0 Å². The highest BCUT2D eigenvalue weighted by Gasteiger charge is 2.45. The highest BCUT2D eigenvalue weighted by atomic mass is 32.2. The normalized spacial score (nSPS) is 21.6. The summed E-state index contributed by atoms with van der Waals surface area (Å²) in [5.41, 5.74) is -0.659. The van der Waals surface area contributed by atoms with Crippen LogP contribution in [-0.2, 0) is 24.8 Å². The number of nitrogens with one attached hydrogen (secondary N) is 3. The third-order valence-corrected chi connectivity index (χ3v) is 11.3. The minimum Gasteiger partial charge on any atom is -0.491 e. The van der Waals surface area contributed by atoms with Gasteiger partial charge in [-0.25, -0.2) is 21.6 Å². The molecule has 0 saturated carbocycles. The van der Waals surface area contributed by atoms with Crippen LogP contribution in [0.5, 0.6) is 11.6 Å². The van der Waals surface area contributed by atoms with Gasteiger partial charge in [-0.3, -0.25) is 9.78 Å². The molecule has 0 amide bonds. The van der Waals surface area contributed by atoms with Gasteiger partial charge < -0.3 is 29.5 Å². The van der Waals surface area contributed by atoms with E-state index in [1.807, 2.05) is 11.9 Å². The van der Waals surface area contributed by atoms with E-state index in [4.69, 9.17) is 14.2 Å². The summed E-state index contributed by atoms with van der Waals surface area (Å²) in [6.45, 7) is 2.04. The van der Waals surface area contributed by atoms with Crippen molar-refractivity contribution in [2.45, 2.75) is 46.8 Å². The molecule has 2 saturated heterocycles. The number of sulfonamides is 2. The molecule has 3 aliphatic heterocycles. The minimum atomic E-state index is -4.02. The van der Waals surface area contributed by atoms with Crippen LogP contribution >= 0.6 is 0 Å². The van der Waals surface area contributed by atoms with Gasteiger partial charge in [0, 0.05) is 38.8 Å². The van der Waals surface area contributed by atoms with Gasteiger partial charge in [0.2, 0.25) is 25.9 Å². The molecule has 16 heteroatoms. The van der Waals surface area contributed by atoms with Crippen LogP contribution in [0.15, 0.2) is 44.9 Å². The van der Waals surface area contributed by atoms with Gasteiger partial charge in [0.25, 0.3) is 5.56 Å². The molecule has 0 aliphatic carbocycles. The van der Waals surface area contributed by atoms with Crippen LogP contribution in [0.3, 0.4) is 0 Å². The topological polar surface area (TPSA) is 180 Å². The van der Waals surface area contributed by atoms with Crippen LogP contribution in [0.4, 0.5) is 5.69 Å². The van der Waals surface area contributed by atoms with Crippen molar-refractivity contribution >= 4 is 25.7 Å². The molecular formula is C26H37N5O9S2. The molecule has 0 radical (unpaired) electrons. The Balaban J connectivity index is 1.11. The summed E-state index contributed by atoms with van der Waals surface area (Å²) in [6, 6.07) is 7.37. The highest BCUT2D eigenvalue weighted by molar-refractivity contribution is 7.89.